The Morgan fingerprint density at radius 3 is 2.41 bits per heavy atom. The first-order chi connectivity index (χ1) is 10.7. The molecule has 4 heteroatoms. The molecule has 110 valence electrons. The van der Waals surface area contributed by atoms with Crippen LogP contribution in [0.1, 0.15) is 16.7 Å². The lowest BCUT2D eigenvalue weighted by atomic mass is 10.2. The largest absolute Gasteiger partial charge is 0.497 e. The van der Waals surface area contributed by atoms with Gasteiger partial charge in [0.15, 0.2) is 0 Å². The van der Waals surface area contributed by atoms with Gasteiger partial charge in [0.25, 0.3) is 0 Å². The van der Waals surface area contributed by atoms with Crippen LogP contribution in [0.15, 0.2) is 54.6 Å². The summed E-state index contributed by atoms with van der Waals surface area (Å²) in [5.41, 5.74) is 2.30. The van der Waals surface area contributed by atoms with Crippen molar-refractivity contribution in [1.29, 1.82) is 5.26 Å². The molecule has 0 amide bonds. The summed E-state index contributed by atoms with van der Waals surface area (Å²) in [6, 6.07) is 16.3. The fourth-order valence-electron chi connectivity index (χ4n) is 1.76. The third-order valence-electron chi connectivity index (χ3n) is 2.99. The van der Waals surface area contributed by atoms with E-state index in [1.807, 2.05) is 30.3 Å². The fraction of sp³-hybridized carbons (Fsp3) is 0.111. The highest BCUT2D eigenvalue weighted by Gasteiger charge is 1.99. The molecule has 0 spiro atoms. The molecule has 0 radical (unpaired) electrons. The van der Waals surface area contributed by atoms with E-state index in [1.165, 1.54) is 6.08 Å². The molecule has 0 N–H and O–H groups in total. The molecule has 0 bridgehead atoms. The number of benzene rings is 2. The number of esters is 1. The molecule has 2 aromatic rings. The van der Waals surface area contributed by atoms with Gasteiger partial charge in [-0.2, -0.15) is 5.26 Å². The summed E-state index contributed by atoms with van der Waals surface area (Å²) in [7, 11) is 1.60. The Labute approximate surface area is 129 Å². The average Bonchev–Trinajstić information content (AvgIpc) is 2.59. The maximum Gasteiger partial charge on any atom is 0.331 e. The van der Waals surface area contributed by atoms with E-state index >= 15 is 0 Å². The zero-order chi connectivity index (χ0) is 15.8. The van der Waals surface area contributed by atoms with Crippen LogP contribution in [0.4, 0.5) is 0 Å². The predicted molar refractivity (Wildman–Crippen MR) is 83.0 cm³/mol. The Hall–Kier alpha value is -3.06. The monoisotopic (exact) mass is 293 g/mol. The molecule has 0 aliphatic carbocycles. The third kappa shape index (κ3) is 4.50. The average molecular weight is 293 g/mol. The third-order valence-corrected chi connectivity index (χ3v) is 2.99. The van der Waals surface area contributed by atoms with E-state index in [0.29, 0.717) is 5.56 Å². The number of nitriles is 1. The number of ether oxygens (including phenoxy) is 2. The van der Waals surface area contributed by atoms with Crippen LogP contribution < -0.4 is 4.74 Å². The molecule has 0 saturated heterocycles. The second kappa shape index (κ2) is 7.65. The molecule has 0 atom stereocenters. The summed E-state index contributed by atoms with van der Waals surface area (Å²) in [5.74, 6) is 0.348. The van der Waals surface area contributed by atoms with Crippen molar-refractivity contribution in [3.05, 3.63) is 71.3 Å². The van der Waals surface area contributed by atoms with Crippen molar-refractivity contribution in [3.63, 3.8) is 0 Å². The lowest BCUT2D eigenvalue weighted by Crippen LogP contribution is -2.00. The van der Waals surface area contributed by atoms with E-state index in [9.17, 15) is 4.79 Å². The van der Waals surface area contributed by atoms with Crippen molar-refractivity contribution in [3.8, 4) is 11.8 Å². The first kappa shape index (κ1) is 15.3. The van der Waals surface area contributed by atoms with Crippen molar-refractivity contribution in [2.45, 2.75) is 6.61 Å². The molecular formula is C18H15NO3. The fourth-order valence-corrected chi connectivity index (χ4v) is 1.76. The first-order valence-corrected chi connectivity index (χ1v) is 6.69. The maximum absolute atomic E-state index is 11.6. The van der Waals surface area contributed by atoms with E-state index in [4.69, 9.17) is 14.7 Å². The Morgan fingerprint density at radius 1 is 1.14 bits per heavy atom. The molecule has 0 fully saturated rings. The summed E-state index contributed by atoms with van der Waals surface area (Å²) >= 11 is 0. The highest BCUT2D eigenvalue weighted by atomic mass is 16.5. The number of rotatable bonds is 5. The molecule has 0 heterocycles. The smallest absolute Gasteiger partial charge is 0.331 e. The summed E-state index contributed by atoms with van der Waals surface area (Å²) in [5, 5.41) is 8.71. The first-order valence-electron chi connectivity index (χ1n) is 6.69. The normalized spacial score (nSPS) is 10.2. The molecule has 0 aliphatic rings. The Morgan fingerprint density at radius 2 is 1.82 bits per heavy atom. The lowest BCUT2D eigenvalue weighted by molar-refractivity contribution is -0.138. The molecule has 0 aliphatic heterocycles. The molecule has 0 unspecified atom stereocenters. The van der Waals surface area contributed by atoms with Crippen LogP contribution in [0.3, 0.4) is 0 Å². The minimum absolute atomic E-state index is 0.178. The van der Waals surface area contributed by atoms with Crippen molar-refractivity contribution < 1.29 is 14.3 Å². The van der Waals surface area contributed by atoms with Crippen molar-refractivity contribution in [2.24, 2.45) is 0 Å². The minimum atomic E-state index is -0.417. The molecule has 0 aromatic heterocycles. The molecule has 2 rings (SSSR count). The van der Waals surface area contributed by atoms with Gasteiger partial charge in [0, 0.05) is 6.08 Å². The standard InChI is InChI=1S/C18H15NO3/c1-21-17-9-6-14(7-10-17)8-11-18(20)22-13-16-4-2-15(12-19)3-5-16/h2-11H,13H2,1H3/b11-8+. The molecule has 4 nitrogen and oxygen atoms in total. The number of carbonyl (C=O) groups is 1. The lowest BCUT2D eigenvalue weighted by Gasteiger charge is -2.02. The summed E-state index contributed by atoms with van der Waals surface area (Å²) in [4.78, 5) is 11.6. The number of methoxy groups -OCH3 is 1. The van der Waals surface area contributed by atoms with Gasteiger partial charge in [-0.25, -0.2) is 4.79 Å². The van der Waals surface area contributed by atoms with Gasteiger partial charge in [0.05, 0.1) is 18.7 Å². The van der Waals surface area contributed by atoms with Gasteiger partial charge in [-0.1, -0.05) is 24.3 Å². The number of nitrogens with zero attached hydrogens (tertiary/aromatic N) is 1. The highest BCUT2D eigenvalue weighted by molar-refractivity contribution is 5.87. The molecule has 2 aromatic carbocycles. The summed E-state index contributed by atoms with van der Waals surface area (Å²) in [6.07, 6.45) is 3.06. The van der Waals surface area contributed by atoms with Crippen molar-refractivity contribution in [2.75, 3.05) is 7.11 Å². The topological polar surface area (TPSA) is 59.3 Å². The number of hydrogen-bond donors (Lipinski definition) is 0. The molecular weight excluding hydrogens is 278 g/mol. The Balaban J connectivity index is 1.86. The SMILES string of the molecule is COc1ccc(/C=C/C(=O)OCc2ccc(C#N)cc2)cc1. The highest BCUT2D eigenvalue weighted by Crippen LogP contribution is 2.12. The van der Waals surface area contributed by atoms with Crippen LogP contribution in [-0.2, 0) is 16.1 Å². The van der Waals surface area contributed by atoms with E-state index in [1.54, 1.807) is 37.5 Å². The second-order valence-electron chi connectivity index (χ2n) is 4.52. The van der Waals surface area contributed by atoms with Crippen LogP contribution in [0.5, 0.6) is 5.75 Å². The summed E-state index contributed by atoms with van der Waals surface area (Å²) < 4.78 is 10.2. The Kier molecular flexibility index (Phi) is 5.33. The predicted octanol–water partition coefficient (Wildman–Crippen LogP) is 3.32. The van der Waals surface area contributed by atoms with Crippen molar-refractivity contribution in [1.82, 2.24) is 0 Å². The summed E-state index contributed by atoms with van der Waals surface area (Å²) in [6.45, 7) is 0.178. The molecule has 22 heavy (non-hydrogen) atoms. The van der Waals surface area contributed by atoms with Gasteiger partial charge in [-0.3, -0.25) is 0 Å². The van der Waals surface area contributed by atoms with Gasteiger partial charge in [0.2, 0.25) is 0 Å². The van der Waals surface area contributed by atoms with Crippen LogP contribution in [0, 0.1) is 11.3 Å². The van der Waals surface area contributed by atoms with Gasteiger partial charge in [0.1, 0.15) is 12.4 Å². The van der Waals surface area contributed by atoms with E-state index < -0.39 is 5.97 Å². The van der Waals surface area contributed by atoms with E-state index in [0.717, 1.165) is 16.9 Å². The van der Waals surface area contributed by atoms with Gasteiger partial charge >= 0.3 is 5.97 Å². The van der Waals surface area contributed by atoms with E-state index in [2.05, 4.69) is 0 Å². The van der Waals surface area contributed by atoms with Crippen molar-refractivity contribution >= 4 is 12.0 Å². The van der Waals surface area contributed by atoms with E-state index in [-0.39, 0.29) is 6.61 Å². The van der Waals surface area contributed by atoms with Gasteiger partial charge in [-0.15, -0.1) is 0 Å². The Bertz CT molecular complexity index is 695. The molecule has 0 saturated carbocycles. The number of hydrogen-bond acceptors (Lipinski definition) is 4. The zero-order valence-electron chi connectivity index (χ0n) is 12.2. The van der Waals surface area contributed by atoms with Crippen LogP contribution in [0.25, 0.3) is 6.08 Å². The van der Waals surface area contributed by atoms with Gasteiger partial charge < -0.3 is 9.47 Å². The van der Waals surface area contributed by atoms with Crippen LogP contribution in [0.2, 0.25) is 0 Å². The zero-order valence-corrected chi connectivity index (χ0v) is 12.2. The maximum atomic E-state index is 11.6. The quantitative estimate of drug-likeness (QED) is 0.626. The van der Waals surface area contributed by atoms with Crippen LogP contribution in [-0.4, -0.2) is 13.1 Å². The minimum Gasteiger partial charge on any atom is -0.497 e. The number of carbonyl (C=O) groups excluding carboxylic acids is 1. The van der Waals surface area contributed by atoms with Crippen LogP contribution >= 0.6 is 0 Å². The second-order valence-corrected chi connectivity index (χ2v) is 4.52. The van der Waals surface area contributed by atoms with Gasteiger partial charge in [-0.05, 0) is 41.5 Å².